The topological polar surface area (TPSA) is 71.3 Å². The number of alkyl halides is 3. The minimum atomic E-state index is -4.55. The Hall–Kier alpha value is -4.40. The average molecular weight is 490 g/mol. The second-order valence-electron chi connectivity index (χ2n) is 8.47. The Morgan fingerprint density at radius 3 is 2.42 bits per heavy atom. The first kappa shape index (κ1) is 23.3. The summed E-state index contributed by atoms with van der Waals surface area (Å²) < 4.78 is 45.8. The molecule has 1 unspecified atom stereocenters. The van der Waals surface area contributed by atoms with Crippen LogP contribution in [0.25, 0.3) is 17.0 Å². The van der Waals surface area contributed by atoms with E-state index in [4.69, 9.17) is 4.52 Å². The van der Waals surface area contributed by atoms with E-state index in [-0.39, 0.29) is 11.6 Å². The van der Waals surface area contributed by atoms with E-state index < -0.39 is 23.8 Å². The van der Waals surface area contributed by atoms with Crippen molar-refractivity contribution in [2.75, 3.05) is 4.90 Å². The predicted octanol–water partition coefficient (Wildman–Crippen LogP) is 6.77. The van der Waals surface area contributed by atoms with Crippen LogP contribution in [0.15, 0.2) is 89.1 Å². The highest BCUT2D eigenvalue weighted by molar-refractivity contribution is 6.01. The van der Waals surface area contributed by atoms with Crippen LogP contribution < -0.4 is 10.2 Å². The Labute approximate surface area is 205 Å². The number of amides is 2. The van der Waals surface area contributed by atoms with Crippen LogP contribution in [-0.4, -0.2) is 16.2 Å². The van der Waals surface area contributed by atoms with Gasteiger partial charge in [0, 0.05) is 11.3 Å². The zero-order valence-corrected chi connectivity index (χ0v) is 19.4. The van der Waals surface area contributed by atoms with Crippen molar-refractivity contribution < 1.29 is 22.5 Å². The van der Waals surface area contributed by atoms with Gasteiger partial charge in [-0.2, -0.15) is 18.2 Å². The van der Waals surface area contributed by atoms with Crippen molar-refractivity contribution >= 4 is 17.3 Å². The van der Waals surface area contributed by atoms with Crippen molar-refractivity contribution in [1.29, 1.82) is 0 Å². The van der Waals surface area contributed by atoms with Gasteiger partial charge in [0.2, 0.25) is 5.82 Å². The fourth-order valence-corrected chi connectivity index (χ4v) is 4.28. The number of hydrogen-bond donors (Lipinski definition) is 1. The number of carbonyl (C=O) groups excluding carboxylic acids is 1. The number of allylic oxidation sites excluding steroid dienone is 1. The molecule has 4 aromatic rings. The molecular weight excluding hydrogens is 469 g/mol. The van der Waals surface area contributed by atoms with Gasteiger partial charge in [0.1, 0.15) is 0 Å². The molecule has 5 rings (SSSR count). The smallest absolute Gasteiger partial charge is 0.334 e. The van der Waals surface area contributed by atoms with Gasteiger partial charge in [-0.25, -0.2) is 4.79 Å². The van der Waals surface area contributed by atoms with E-state index in [1.54, 1.807) is 6.92 Å². The maximum Gasteiger partial charge on any atom is 0.416 e. The lowest BCUT2D eigenvalue weighted by atomic mass is 9.94. The van der Waals surface area contributed by atoms with E-state index in [0.29, 0.717) is 17.1 Å². The molecule has 2 heterocycles. The molecule has 182 valence electrons. The van der Waals surface area contributed by atoms with Crippen LogP contribution in [-0.2, 0) is 6.18 Å². The number of halogens is 3. The Morgan fingerprint density at radius 2 is 1.69 bits per heavy atom. The summed E-state index contributed by atoms with van der Waals surface area (Å²) in [5.41, 5.74) is 2.63. The number of urea groups is 1. The molecule has 0 spiro atoms. The maximum absolute atomic E-state index is 13.4. The molecule has 36 heavy (non-hydrogen) atoms. The second kappa shape index (κ2) is 8.99. The summed E-state index contributed by atoms with van der Waals surface area (Å²) in [5, 5.41) is 7.02. The summed E-state index contributed by atoms with van der Waals surface area (Å²) in [4.78, 5) is 19.0. The van der Waals surface area contributed by atoms with Crippen LogP contribution >= 0.6 is 0 Å². The SMILES string of the molecule is CC1=C(c2nc(-c3cccc(C)c3)no2)C(c2ccccc2)NC(=O)N1c1cccc(C(F)(F)F)c1. The molecule has 0 saturated carbocycles. The third-order valence-electron chi connectivity index (χ3n) is 5.98. The molecule has 9 heteroatoms. The van der Waals surface area contributed by atoms with Crippen molar-refractivity contribution in [1.82, 2.24) is 15.5 Å². The third kappa shape index (κ3) is 4.35. The van der Waals surface area contributed by atoms with E-state index in [1.165, 1.54) is 17.0 Å². The molecule has 3 aromatic carbocycles. The van der Waals surface area contributed by atoms with Gasteiger partial charge in [-0.15, -0.1) is 0 Å². The summed E-state index contributed by atoms with van der Waals surface area (Å²) in [7, 11) is 0. The molecule has 0 bridgehead atoms. The molecule has 6 nitrogen and oxygen atoms in total. The molecule has 2 amide bonds. The molecule has 0 aliphatic carbocycles. The molecule has 1 aromatic heterocycles. The summed E-state index contributed by atoms with van der Waals surface area (Å²) >= 11 is 0. The number of nitrogens with zero attached hydrogens (tertiary/aromatic N) is 3. The van der Waals surface area contributed by atoms with Crippen molar-refractivity contribution in [2.24, 2.45) is 0 Å². The van der Waals surface area contributed by atoms with Gasteiger partial charge in [-0.1, -0.05) is 65.3 Å². The van der Waals surface area contributed by atoms with E-state index in [0.717, 1.165) is 28.8 Å². The van der Waals surface area contributed by atoms with E-state index in [9.17, 15) is 18.0 Å². The molecule has 1 aliphatic heterocycles. The molecule has 1 N–H and O–H groups in total. The maximum atomic E-state index is 13.4. The predicted molar refractivity (Wildman–Crippen MR) is 129 cm³/mol. The Morgan fingerprint density at radius 1 is 0.944 bits per heavy atom. The van der Waals surface area contributed by atoms with Crippen LogP contribution in [0.1, 0.15) is 35.5 Å². The largest absolute Gasteiger partial charge is 0.416 e. The van der Waals surface area contributed by atoms with Crippen molar-refractivity contribution in [3.8, 4) is 11.4 Å². The summed E-state index contributed by atoms with van der Waals surface area (Å²) in [6.07, 6.45) is -4.55. The Balaban J connectivity index is 1.66. The normalized spacial score (nSPS) is 16.3. The third-order valence-corrected chi connectivity index (χ3v) is 5.98. The fraction of sp³-hybridized carbons (Fsp3) is 0.148. The van der Waals surface area contributed by atoms with Crippen molar-refractivity contribution in [2.45, 2.75) is 26.1 Å². The zero-order chi connectivity index (χ0) is 25.4. The number of anilines is 1. The van der Waals surface area contributed by atoms with E-state index in [2.05, 4.69) is 15.5 Å². The number of aromatic nitrogens is 2. The van der Waals surface area contributed by atoms with Crippen molar-refractivity contribution in [3.63, 3.8) is 0 Å². The minimum Gasteiger partial charge on any atom is -0.334 e. The number of hydrogen-bond acceptors (Lipinski definition) is 4. The molecule has 1 atom stereocenters. The summed E-state index contributed by atoms with van der Waals surface area (Å²) in [6, 6.07) is 20.2. The zero-order valence-electron chi connectivity index (χ0n) is 19.4. The van der Waals surface area contributed by atoms with Gasteiger partial charge in [-0.3, -0.25) is 4.90 Å². The molecule has 0 fully saturated rings. The first-order valence-corrected chi connectivity index (χ1v) is 11.2. The van der Waals surface area contributed by atoms with Gasteiger partial charge >= 0.3 is 12.2 Å². The molecule has 0 radical (unpaired) electrons. The monoisotopic (exact) mass is 490 g/mol. The highest BCUT2D eigenvalue weighted by atomic mass is 19.4. The molecular formula is C27H21F3N4O2. The fourth-order valence-electron chi connectivity index (χ4n) is 4.28. The summed E-state index contributed by atoms with van der Waals surface area (Å²) in [5.74, 6) is 0.526. The molecule has 0 saturated heterocycles. The minimum absolute atomic E-state index is 0.0715. The lowest BCUT2D eigenvalue weighted by Gasteiger charge is -2.35. The lowest BCUT2D eigenvalue weighted by molar-refractivity contribution is -0.137. The van der Waals surface area contributed by atoms with Gasteiger partial charge in [-0.05, 0) is 43.7 Å². The van der Waals surface area contributed by atoms with Crippen molar-refractivity contribution in [3.05, 3.63) is 107 Å². The van der Waals surface area contributed by atoms with Gasteiger partial charge < -0.3 is 9.84 Å². The number of benzene rings is 3. The van der Waals surface area contributed by atoms with E-state index >= 15 is 0 Å². The summed E-state index contributed by atoms with van der Waals surface area (Å²) in [6.45, 7) is 3.60. The number of rotatable bonds is 4. The lowest BCUT2D eigenvalue weighted by Crippen LogP contribution is -2.46. The highest BCUT2D eigenvalue weighted by Crippen LogP contribution is 2.40. The Kier molecular flexibility index (Phi) is 5.83. The quantitative estimate of drug-likeness (QED) is 0.343. The number of aryl methyl sites for hydroxylation is 1. The molecule has 1 aliphatic rings. The van der Waals surface area contributed by atoms with Crippen LogP contribution in [0.4, 0.5) is 23.7 Å². The van der Waals surface area contributed by atoms with Gasteiger partial charge in [0.05, 0.1) is 22.9 Å². The van der Waals surface area contributed by atoms with Crippen LogP contribution in [0.3, 0.4) is 0 Å². The van der Waals surface area contributed by atoms with Gasteiger partial charge in [0.25, 0.3) is 5.89 Å². The number of nitrogens with one attached hydrogen (secondary N) is 1. The van der Waals surface area contributed by atoms with Gasteiger partial charge in [0.15, 0.2) is 0 Å². The average Bonchev–Trinajstić information content (AvgIpc) is 3.34. The standard InChI is InChI=1S/C27H21F3N4O2/c1-16-8-6-11-19(14-16)24-32-25(36-33-24)22-17(2)34(21-13-7-12-20(15-21)27(28,29)30)26(35)31-23(22)18-9-4-3-5-10-18/h3-15,23H,1-2H3,(H,31,35). The van der Waals surface area contributed by atoms with E-state index in [1.807, 2.05) is 61.5 Å². The van der Waals surface area contributed by atoms with Crippen LogP contribution in [0, 0.1) is 6.92 Å². The Bertz CT molecular complexity index is 1460. The highest BCUT2D eigenvalue weighted by Gasteiger charge is 2.37. The van der Waals surface area contributed by atoms with Crippen LogP contribution in [0.5, 0.6) is 0 Å². The van der Waals surface area contributed by atoms with Crippen LogP contribution in [0.2, 0.25) is 0 Å². The first-order chi connectivity index (χ1) is 17.2. The number of carbonyl (C=O) groups is 1. The first-order valence-electron chi connectivity index (χ1n) is 11.2. The second-order valence-corrected chi connectivity index (χ2v) is 8.47.